The molecule has 1 aliphatic carbocycles. The number of anilines is 2. The van der Waals surface area contributed by atoms with Crippen LogP contribution in [-0.4, -0.2) is 37.9 Å². The van der Waals surface area contributed by atoms with Crippen LogP contribution in [0.3, 0.4) is 0 Å². The van der Waals surface area contributed by atoms with Gasteiger partial charge in [0.05, 0.1) is 12.2 Å². The summed E-state index contributed by atoms with van der Waals surface area (Å²) in [5.41, 5.74) is 6.47. The molecule has 6 heteroatoms. The summed E-state index contributed by atoms with van der Waals surface area (Å²) in [5, 5.41) is 3.19. The number of benzene rings is 1. The van der Waals surface area contributed by atoms with E-state index in [1.807, 2.05) is 13.8 Å². The smallest absolute Gasteiger partial charge is 0.151 e. The Balaban J connectivity index is 1.65. The highest BCUT2D eigenvalue weighted by molar-refractivity contribution is 5.58. The molecule has 2 fully saturated rings. The van der Waals surface area contributed by atoms with Crippen LogP contribution in [0.5, 0.6) is 0 Å². The summed E-state index contributed by atoms with van der Waals surface area (Å²) in [6, 6.07) is 3.11. The quantitative estimate of drug-likeness (QED) is 0.870. The largest absolute Gasteiger partial charge is 0.385 e. The van der Waals surface area contributed by atoms with Crippen molar-refractivity contribution in [1.82, 2.24) is 0 Å². The second-order valence-electron chi connectivity index (χ2n) is 7.61. The molecule has 140 valence electrons. The van der Waals surface area contributed by atoms with E-state index in [1.165, 1.54) is 12.1 Å². The lowest BCUT2D eigenvalue weighted by molar-refractivity contribution is -0.00557. The van der Waals surface area contributed by atoms with Gasteiger partial charge >= 0.3 is 0 Å². The fourth-order valence-electron chi connectivity index (χ4n) is 3.98. The lowest BCUT2D eigenvalue weighted by Gasteiger charge is -2.37. The Morgan fingerprint density at radius 2 is 1.64 bits per heavy atom. The SMILES string of the molecule is CC1CN(c2c(F)cc(NC[C@H]3CC[C@H](N)CC3)cc2F)CC(C)O1. The van der Waals surface area contributed by atoms with Crippen LogP contribution < -0.4 is 16.0 Å². The summed E-state index contributed by atoms with van der Waals surface area (Å²) in [7, 11) is 0. The fraction of sp³-hybridized carbons (Fsp3) is 0.684. The van der Waals surface area contributed by atoms with Crippen LogP contribution in [0.2, 0.25) is 0 Å². The Labute approximate surface area is 148 Å². The van der Waals surface area contributed by atoms with Gasteiger partial charge in [0.15, 0.2) is 11.6 Å². The van der Waals surface area contributed by atoms with E-state index in [-0.39, 0.29) is 17.9 Å². The number of halogens is 2. The van der Waals surface area contributed by atoms with Gasteiger partial charge < -0.3 is 20.7 Å². The number of nitrogens with two attached hydrogens (primary N) is 1. The molecule has 4 nitrogen and oxygen atoms in total. The van der Waals surface area contributed by atoms with Gasteiger partial charge in [-0.2, -0.15) is 0 Å². The highest BCUT2D eigenvalue weighted by Gasteiger charge is 2.27. The van der Waals surface area contributed by atoms with Crippen molar-refractivity contribution in [2.45, 2.75) is 57.8 Å². The number of ether oxygens (including phenoxy) is 1. The number of morpholine rings is 1. The van der Waals surface area contributed by atoms with Gasteiger partial charge in [-0.3, -0.25) is 0 Å². The molecule has 0 radical (unpaired) electrons. The van der Waals surface area contributed by atoms with Crippen molar-refractivity contribution in [3.63, 3.8) is 0 Å². The first-order chi connectivity index (χ1) is 11.9. The van der Waals surface area contributed by atoms with Crippen LogP contribution in [0.4, 0.5) is 20.2 Å². The number of rotatable bonds is 4. The third-order valence-electron chi connectivity index (χ3n) is 5.24. The zero-order chi connectivity index (χ0) is 18.0. The molecule has 1 aromatic rings. The zero-order valence-corrected chi connectivity index (χ0v) is 15.1. The minimum absolute atomic E-state index is 0.0435. The van der Waals surface area contributed by atoms with Crippen LogP contribution >= 0.6 is 0 Å². The maximum Gasteiger partial charge on any atom is 0.151 e. The van der Waals surface area contributed by atoms with E-state index in [0.717, 1.165) is 32.2 Å². The van der Waals surface area contributed by atoms with Crippen LogP contribution in [-0.2, 0) is 4.74 Å². The van der Waals surface area contributed by atoms with Crippen molar-refractivity contribution in [1.29, 1.82) is 0 Å². The Morgan fingerprint density at radius 1 is 1.08 bits per heavy atom. The summed E-state index contributed by atoms with van der Waals surface area (Å²) in [4.78, 5) is 1.75. The van der Waals surface area contributed by atoms with Gasteiger partial charge in [0.1, 0.15) is 5.69 Å². The molecule has 0 bridgehead atoms. The molecular formula is C19H29F2N3O. The monoisotopic (exact) mass is 353 g/mol. The lowest BCUT2D eigenvalue weighted by atomic mass is 9.86. The minimum Gasteiger partial charge on any atom is -0.385 e. The van der Waals surface area contributed by atoms with E-state index in [0.29, 0.717) is 30.7 Å². The summed E-state index contributed by atoms with van der Waals surface area (Å²) in [6.07, 6.45) is 4.11. The van der Waals surface area contributed by atoms with Crippen molar-refractivity contribution < 1.29 is 13.5 Å². The molecule has 1 aliphatic heterocycles. The van der Waals surface area contributed by atoms with Crippen molar-refractivity contribution in [2.24, 2.45) is 11.7 Å². The number of hydrogen-bond acceptors (Lipinski definition) is 4. The summed E-state index contributed by atoms with van der Waals surface area (Å²) in [6.45, 7) is 5.56. The Morgan fingerprint density at radius 3 is 2.20 bits per heavy atom. The second-order valence-corrected chi connectivity index (χ2v) is 7.61. The Kier molecular flexibility index (Phi) is 5.79. The summed E-state index contributed by atoms with van der Waals surface area (Å²) >= 11 is 0. The van der Waals surface area contributed by atoms with Gasteiger partial charge in [-0.25, -0.2) is 8.78 Å². The van der Waals surface area contributed by atoms with Crippen molar-refractivity contribution >= 4 is 11.4 Å². The highest BCUT2D eigenvalue weighted by Crippen LogP contribution is 2.30. The van der Waals surface area contributed by atoms with Crippen molar-refractivity contribution in [2.75, 3.05) is 29.9 Å². The molecule has 1 saturated heterocycles. The van der Waals surface area contributed by atoms with Crippen LogP contribution in [0.15, 0.2) is 12.1 Å². The Bertz CT molecular complexity index is 557. The first-order valence-corrected chi connectivity index (χ1v) is 9.31. The van der Waals surface area contributed by atoms with E-state index in [2.05, 4.69) is 5.32 Å². The number of hydrogen-bond donors (Lipinski definition) is 2. The molecule has 3 rings (SSSR count). The normalized spacial score (nSPS) is 30.4. The van der Waals surface area contributed by atoms with Crippen molar-refractivity contribution in [3.8, 4) is 0 Å². The maximum absolute atomic E-state index is 14.6. The molecular weight excluding hydrogens is 324 g/mol. The van der Waals surface area contributed by atoms with Crippen LogP contribution in [0, 0.1) is 17.6 Å². The molecule has 2 atom stereocenters. The lowest BCUT2D eigenvalue weighted by Crippen LogP contribution is -2.46. The molecule has 2 aliphatic rings. The van der Waals surface area contributed by atoms with Crippen molar-refractivity contribution in [3.05, 3.63) is 23.8 Å². The van der Waals surface area contributed by atoms with E-state index >= 15 is 0 Å². The van der Waals surface area contributed by atoms with E-state index in [1.54, 1.807) is 4.90 Å². The maximum atomic E-state index is 14.6. The van der Waals surface area contributed by atoms with Gasteiger partial charge in [0.2, 0.25) is 0 Å². The van der Waals surface area contributed by atoms with Gasteiger partial charge in [-0.1, -0.05) is 0 Å². The average Bonchev–Trinajstić information content (AvgIpc) is 2.53. The Hall–Kier alpha value is -1.40. The number of nitrogens with one attached hydrogen (secondary N) is 1. The van der Waals surface area contributed by atoms with Gasteiger partial charge in [-0.05, 0) is 57.6 Å². The predicted molar refractivity (Wildman–Crippen MR) is 97.0 cm³/mol. The first kappa shape index (κ1) is 18.4. The number of nitrogens with zero attached hydrogens (tertiary/aromatic N) is 1. The second kappa shape index (κ2) is 7.87. The molecule has 25 heavy (non-hydrogen) atoms. The third-order valence-corrected chi connectivity index (χ3v) is 5.24. The topological polar surface area (TPSA) is 50.5 Å². The van der Waals surface area contributed by atoms with Gasteiger partial charge in [-0.15, -0.1) is 0 Å². The molecule has 1 saturated carbocycles. The molecule has 0 amide bonds. The van der Waals surface area contributed by atoms with Crippen LogP contribution in [0.1, 0.15) is 39.5 Å². The third kappa shape index (κ3) is 4.61. The highest BCUT2D eigenvalue weighted by atomic mass is 19.1. The van der Waals surface area contributed by atoms with E-state index in [9.17, 15) is 8.78 Å². The van der Waals surface area contributed by atoms with Gasteiger partial charge in [0, 0.05) is 31.4 Å². The first-order valence-electron chi connectivity index (χ1n) is 9.31. The molecule has 0 aromatic heterocycles. The predicted octanol–water partition coefficient (Wildman–Crippen LogP) is 3.51. The molecule has 3 N–H and O–H groups in total. The molecule has 2 unspecified atom stereocenters. The minimum atomic E-state index is -0.519. The van der Waals surface area contributed by atoms with E-state index < -0.39 is 11.6 Å². The molecule has 1 aromatic carbocycles. The van der Waals surface area contributed by atoms with Gasteiger partial charge in [0.25, 0.3) is 0 Å². The fourth-order valence-corrected chi connectivity index (χ4v) is 3.98. The summed E-state index contributed by atoms with van der Waals surface area (Å²) < 4.78 is 34.8. The molecule has 1 heterocycles. The molecule has 0 spiro atoms. The average molecular weight is 353 g/mol. The summed E-state index contributed by atoms with van der Waals surface area (Å²) in [5.74, 6) is -0.518. The van der Waals surface area contributed by atoms with Crippen LogP contribution in [0.25, 0.3) is 0 Å². The van der Waals surface area contributed by atoms with E-state index in [4.69, 9.17) is 10.5 Å². The standard InChI is InChI=1S/C19H29F2N3O/c1-12-10-24(11-13(2)25-12)19-17(20)7-16(8-18(19)21)23-9-14-3-5-15(22)6-4-14/h7-8,12-15,23H,3-6,9-11,22H2,1-2H3/t12?,13?,14-,15-. The zero-order valence-electron chi connectivity index (χ0n) is 15.1.